The highest BCUT2D eigenvalue weighted by Crippen LogP contribution is 2.21. The normalized spacial score (nSPS) is 17.4. The zero-order chi connectivity index (χ0) is 21.5. The molecule has 0 saturated carbocycles. The van der Waals surface area contributed by atoms with Gasteiger partial charge in [0.25, 0.3) is 0 Å². The van der Waals surface area contributed by atoms with Gasteiger partial charge < -0.3 is 10.2 Å². The Bertz CT molecular complexity index is 460. The van der Waals surface area contributed by atoms with E-state index in [1.165, 1.54) is 70.6 Å². The third-order valence-electron chi connectivity index (χ3n) is 5.68. The summed E-state index contributed by atoms with van der Waals surface area (Å²) in [5.41, 5.74) is -0.519. The summed E-state index contributed by atoms with van der Waals surface area (Å²) in [4.78, 5) is 29.6. The van der Waals surface area contributed by atoms with Crippen molar-refractivity contribution in [3.63, 3.8) is 0 Å². The summed E-state index contributed by atoms with van der Waals surface area (Å²) < 4.78 is 0. The lowest BCUT2D eigenvalue weighted by molar-refractivity contribution is -0.196. The molecule has 5 nitrogen and oxygen atoms in total. The first kappa shape index (κ1) is 25.9. The molecule has 0 bridgehead atoms. The number of nitrogens with zero attached hydrogens (tertiary/aromatic N) is 1. The average molecular weight is 411 g/mol. The number of amides is 1. The van der Waals surface area contributed by atoms with E-state index in [0.29, 0.717) is 13.1 Å². The molecule has 1 atom stereocenters. The number of hydrogen-bond acceptors (Lipinski definition) is 4. The highest BCUT2D eigenvalue weighted by molar-refractivity contribution is 5.79. The van der Waals surface area contributed by atoms with Crippen molar-refractivity contribution in [2.24, 2.45) is 11.3 Å². The van der Waals surface area contributed by atoms with E-state index in [0.717, 1.165) is 19.4 Å². The van der Waals surface area contributed by atoms with E-state index in [-0.39, 0.29) is 17.8 Å². The van der Waals surface area contributed by atoms with Gasteiger partial charge in [0.15, 0.2) is 0 Å². The largest absolute Gasteiger partial charge is 0.367 e. The van der Waals surface area contributed by atoms with Crippen LogP contribution in [0.5, 0.6) is 0 Å². The number of carbonyl (C=O) groups is 2. The van der Waals surface area contributed by atoms with E-state index in [2.05, 4.69) is 12.2 Å². The quantitative estimate of drug-likeness (QED) is 0.355. The van der Waals surface area contributed by atoms with Crippen molar-refractivity contribution in [2.45, 2.75) is 111 Å². The topological polar surface area (TPSA) is 58.6 Å². The Labute approximate surface area is 179 Å². The summed E-state index contributed by atoms with van der Waals surface area (Å²) in [7, 11) is 0. The monoisotopic (exact) mass is 410 g/mol. The zero-order valence-corrected chi connectivity index (χ0v) is 19.6. The molecule has 1 heterocycles. The summed E-state index contributed by atoms with van der Waals surface area (Å²) in [5.74, 6) is -0.211. The fourth-order valence-corrected chi connectivity index (χ4v) is 3.60. The van der Waals surface area contributed by atoms with Gasteiger partial charge in [0, 0.05) is 19.6 Å². The molecule has 1 N–H and O–H groups in total. The molecular weight excluding hydrogens is 364 g/mol. The molecule has 1 rings (SSSR count). The maximum absolute atomic E-state index is 12.3. The Morgan fingerprint density at radius 2 is 1.41 bits per heavy atom. The van der Waals surface area contributed by atoms with Crippen LogP contribution in [0.1, 0.15) is 111 Å². The summed E-state index contributed by atoms with van der Waals surface area (Å²) in [6.45, 7) is 9.68. The van der Waals surface area contributed by atoms with Gasteiger partial charge in [-0.3, -0.25) is 4.79 Å². The third kappa shape index (κ3) is 12.2. The molecule has 1 aliphatic heterocycles. The van der Waals surface area contributed by atoms with Crippen LogP contribution in [0.3, 0.4) is 0 Å². The average Bonchev–Trinajstić information content (AvgIpc) is 3.13. The lowest BCUT2D eigenvalue weighted by Crippen LogP contribution is -2.35. The van der Waals surface area contributed by atoms with Gasteiger partial charge in [0.1, 0.15) is 0 Å². The standard InChI is InChI=1S/C24H46N2O3/c1-5-6-7-8-9-10-11-12-13-14-15-16-18-25-22(27)21-17-19-26(20-21)29-23(28)24(2,3)4/h21H,5-20H2,1-4H3,(H,25,27)/t21-/m1/s1. The van der Waals surface area contributed by atoms with Crippen molar-refractivity contribution in [1.29, 1.82) is 0 Å². The number of rotatable bonds is 15. The Balaban J connectivity index is 1.95. The van der Waals surface area contributed by atoms with Crippen LogP contribution in [0.15, 0.2) is 0 Å². The van der Waals surface area contributed by atoms with Gasteiger partial charge in [-0.2, -0.15) is 0 Å². The van der Waals surface area contributed by atoms with E-state index in [9.17, 15) is 9.59 Å². The number of hydroxylamine groups is 2. The van der Waals surface area contributed by atoms with Gasteiger partial charge in [0.2, 0.25) is 5.91 Å². The number of hydrogen-bond donors (Lipinski definition) is 1. The van der Waals surface area contributed by atoms with Crippen molar-refractivity contribution in [3.8, 4) is 0 Å². The van der Waals surface area contributed by atoms with Crippen LogP contribution in [-0.4, -0.2) is 36.6 Å². The van der Waals surface area contributed by atoms with E-state index in [1.54, 1.807) is 5.06 Å². The van der Waals surface area contributed by atoms with Crippen molar-refractivity contribution >= 4 is 11.9 Å². The second kappa shape index (κ2) is 14.8. The molecular formula is C24H46N2O3. The number of nitrogens with one attached hydrogen (secondary N) is 1. The van der Waals surface area contributed by atoms with Crippen LogP contribution >= 0.6 is 0 Å². The summed E-state index contributed by atoms with van der Waals surface area (Å²) in [6, 6.07) is 0. The minimum Gasteiger partial charge on any atom is -0.367 e. The van der Waals surface area contributed by atoms with Crippen molar-refractivity contribution < 1.29 is 14.4 Å². The second-order valence-corrected chi connectivity index (χ2v) is 9.68. The first-order chi connectivity index (χ1) is 13.8. The maximum atomic E-state index is 12.3. The summed E-state index contributed by atoms with van der Waals surface area (Å²) >= 11 is 0. The molecule has 1 saturated heterocycles. The first-order valence-corrected chi connectivity index (χ1v) is 12.1. The predicted molar refractivity (Wildman–Crippen MR) is 119 cm³/mol. The summed E-state index contributed by atoms with van der Waals surface area (Å²) in [5, 5.41) is 4.70. The van der Waals surface area contributed by atoms with Crippen LogP contribution < -0.4 is 5.32 Å². The Hall–Kier alpha value is -1.10. The molecule has 29 heavy (non-hydrogen) atoms. The molecule has 0 aliphatic carbocycles. The fourth-order valence-electron chi connectivity index (χ4n) is 3.60. The van der Waals surface area contributed by atoms with Gasteiger partial charge in [-0.05, 0) is 33.6 Å². The van der Waals surface area contributed by atoms with Crippen molar-refractivity contribution in [2.75, 3.05) is 19.6 Å². The lowest BCUT2D eigenvalue weighted by atomic mass is 9.98. The minimum absolute atomic E-state index is 0.0694. The molecule has 0 spiro atoms. The minimum atomic E-state index is -0.519. The fraction of sp³-hybridized carbons (Fsp3) is 0.917. The summed E-state index contributed by atoms with van der Waals surface area (Å²) in [6.07, 6.45) is 16.6. The SMILES string of the molecule is CCCCCCCCCCCCCCNC(=O)[C@@H]1CCN(OC(=O)C(C)(C)C)C1. The maximum Gasteiger partial charge on any atom is 0.330 e. The third-order valence-corrected chi connectivity index (χ3v) is 5.68. The lowest BCUT2D eigenvalue weighted by Gasteiger charge is -2.21. The van der Waals surface area contributed by atoms with E-state index < -0.39 is 5.41 Å². The molecule has 0 aromatic carbocycles. The smallest absolute Gasteiger partial charge is 0.330 e. The molecule has 1 fully saturated rings. The van der Waals surface area contributed by atoms with Crippen LogP contribution in [0, 0.1) is 11.3 Å². The number of carbonyl (C=O) groups excluding carboxylic acids is 2. The van der Waals surface area contributed by atoms with E-state index in [4.69, 9.17) is 4.84 Å². The van der Waals surface area contributed by atoms with Gasteiger partial charge in [-0.25, -0.2) is 4.79 Å². The van der Waals surface area contributed by atoms with Crippen molar-refractivity contribution in [3.05, 3.63) is 0 Å². The zero-order valence-electron chi connectivity index (χ0n) is 19.6. The van der Waals surface area contributed by atoms with Crippen LogP contribution in [-0.2, 0) is 14.4 Å². The van der Waals surface area contributed by atoms with Gasteiger partial charge in [-0.15, -0.1) is 5.06 Å². The van der Waals surface area contributed by atoms with Crippen LogP contribution in [0.4, 0.5) is 0 Å². The predicted octanol–water partition coefficient (Wildman–Crippen LogP) is 5.63. The Kier molecular flexibility index (Phi) is 13.2. The van der Waals surface area contributed by atoms with Crippen LogP contribution in [0.2, 0.25) is 0 Å². The highest BCUT2D eigenvalue weighted by atomic mass is 16.7. The molecule has 5 heteroatoms. The molecule has 1 aliphatic rings. The molecule has 1 amide bonds. The van der Waals surface area contributed by atoms with Gasteiger partial charge in [-0.1, -0.05) is 77.6 Å². The van der Waals surface area contributed by atoms with Gasteiger partial charge in [0.05, 0.1) is 11.3 Å². The van der Waals surface area contributed by atoms with E-state index in [1.807, 2.05) is 20.8 Å². The van der Waals surface area contributed by atoms with E-state index >= 15 is 0 Å². The molecule has 0 unspecified atom stereocenters. The molecule has 170 valence electrons. The highest BCUT2D eigenvalue weighted by Gasteiger charge is 2.33. The van der Waals surface area contributed by atoms with Crippen LogP contribution in [0.25, 0.3) is 0 Å². The van der Waals surface area contributed by atoms with Gasteiger partial charge >= 0.3 is 5.97 Å². The number of unbranched alkanes of at least 4 members (excludes halogenated alkanes) is 11. The van der Waals surface area contributed by atoms with Crippen molar-refractivity contribution in [1.82, 2.24) is 10.4 Å². The Morgan fingerprint density at radius 1 is 0.897 bits per heavy atom. The molecule has 0 aromatic heterocycles. The molecule has 0 radical (unpaired) electrons. The first-order valence-electron chi connectivity index (χ1n) is 12.1. The molecule has 0 aromatic rings. The Morgan fingerprint density at radius 3 is 1.93 bits per heavy atom. The second-order valence-electron chi connectivity index (χ2n) is 9.68.